The minimum atomic E-state index is 0.214. The van der Waals surface area contributed by atoms with E-state index in [2.05, 4.69) is 66.9 Å². The molecule has 6 rings (SSSR count). The smallest absolute Gasteiger partial charge is 0.167 e. The minimum absolute atomic E-state index is 0.214. The average molecular weight is 405 g/mol. The Morgan fingerprint density at radius 2 is 1.94 bits per heavy atom. The Morgan fingerprint density at radius 1 is 1.03 bits per heavy atom. The van der Waals surface area contributed by atoms with Gasteiger partial charge in [-0.3, -0.25) is 9.78 Å². The zero-order chi connectivity index (χ0) is 20.9. The molecule has 2 aromatic carbocycles. The van der Waals surface area contributed by atoms with Crippen molar-refractivity contribution in [1.82, 2.24) is 4.98 Å². The second-order valence-electron chi connectivity index (χ2n) is 8.77. The van der Waals surface area contributed by atoms with Crippen LogP contribution in [0.4, 0.5) is 5.69 Å². The van der Waals surface area contributed by atoms with Crippen LogP contribution in [0, 0.1) is 6.92 Å². The second-order valence-corrected chi connectivity index (χ2v) is 8.77. The second kappa shape index (κ2) is 7.05. The van der Waals surface area contributed by atoms with E-state index in [0.29, 0.717) is 6.42 Å². The van der Waals surface area contributed by atoms with Gasteiger partial charge in [0.05, 0.1) is 11.4 Å². The summed E-state index contributed by atoms with van der Waals surface area (Å²) in [5, 5.41) is 3.53. The van der Waals surface area contributed by atoms with Gasteiger partial charge in [0.1, 0.15) is 0 Å². The molecule has 0 atom stereocenters. The normalized spacial score (nSPS) is 17.8. The molecule has 0 bridgehead atoms. The lowest BCUT2D eigenvalue weighted by Gasteiger charge is -2.21. The standard InChI is InChI=1S/C28H24N2O/c1-17-25(16-30-26-7-4-10-29-28(17)26)21-8-9-22-15-27(31)24(23(22)14-21)13-18-11-19-5-2-3-6-20(19)12-18/h2-3,5-6,8-9,11,13-14,16,29H,4,7,10,12,15H2,1H3/b24-13-. The molecule has 3 nitrogen and oxygen atoms in total. The summed E-state index contributed by atoms with van der Waals surface area (Å²) >= 11 is 0. The van der Waals surface area contributed by atoms with Crippen molar-refractivity contribution in [2.24, 2.45) is 0 Å². The number of hydrogen-bond donors (Lipinski definition) is 1. The maximum Gasteiger partial charge on any atom is 0.167 e. The molecule has 2 heterocycles. The van der Waals surface area contributed by atoms with Crippen LogP contribution in [0.25, 0.3) is 22.8 Å². The summed E-state index contributed by atoms with van der Waals surface area (Å²) in [5.74, 6) is 0.214. The van der Waals surface area contributed by atoms with Crippen LogP contribution < -0.4 is 5.32 Å². The molecule has 0 amide bonds. The molecule has 0 spiro atoms. The maximum atomic E-state index is 12.9. The van der Waals surface area contributed by atoms with Crippen LogP contribution in [0.1, 0.15) is 39.9 Å². The van der Waals surface area contributed by atoms with E-state index in [1.54, 1.807) is 0 Å². The summed E-state index contributed by atoms with van der Waals surface area (Å²) in [6.45, 7) is 3.17. The molecule has 0 radical (unpaired) electrons. The van der Waals surface area contributed by atoms with Gasteiger partial charge in [-0.1, -0.05) is 42.5 Å². The van der Waals surface area contributed by atoms with Crippen LogP contribution in [0.3, 0.4) is 0 Å². The van der Waals surface area contributed by atoms with Crippen LogP contribution in [-0.4, -0.2) is 17.3 Å². The number of carbonyl (C=O) groups is 1. The SMILES string of the molecule is Cc1c(-c2ccc3c(c2)/C(=C/C2=Cc4ccccc4C2)C(=O)C3)cnc2c1NCCC2. The molecule has 0 unspecified atom stereocenters. The topological polar surface area (TPSA) is 42.0 Å². The van der Waals surface area contributed by atoms with Crippen molar-refractivity contribution < 1.29 is 4.79 Å². The first-order valence-corrected chi connectivity index (χ1v) is 11.1. The van der Waals surface area contributed by atoms with Crippen LogP contribution >= 0.6 is 0 Å². The van der Waals surface area contributed by atoms with Crippen molar-refractivity contribution in [2.75, 3.05) is 11.9 Å². The fourth-order valence-corrected chi connectivity index (χ4v) is 5.15. The van der Waals surface area contributed by atoms with Gasteiger partial charge in [0.2, 0.25) is 0 Å². The summed E-state index contributed by atoms with van der Waals surface area (Å²) in [6.07, 6.45) is 9.86. The average Bonchev–Trinajstić information content (AvgIpc) is 3.34. The molecule has 152 valence electrons. The Balaban J connectivity index is 1.40. The van der Waals surface area contributed by atoms with Gasteiger partial charge in [0.25, 0.3) is 0 Å². The minimum Gasteiger partial charge on any atom is -0.383 e. The molecule has 31 heavy (non-hydrogen) atoms. The number of Topliss-reactive ketones (excluding diaryl/α,β-unsaturated/α-hetero) is 1. The summed E-state index contributed by atoms with van der Waals surface area (Å²) in [6, 6.07) is 14.9. The van der Waals surface area contributed by atoms with Gasteiger partial charge in [-0.25, -0.2) is 0 Å². The van der Waals surface area contributed by atoms with Crippen LogP contribution in [-0.2, 0) is 24.1 Å². The molecular formula is C28H24N2O. The van der Waals surface area contributed by atoms with E-state index >= 15 is 0 Å². The van der Waals surface area contributed by atoms with Gasteiger partial charge < -0.3 is 5.32 Å². The lowest BCUT2D eigenvalue weighted by molar-refractivity contribution is -0.112. The van der Waals surface area contributed by atoms with E-state index in [1.165, 1.54) is 28.0 Å². The molecule has 0 fully saturated rings. The number of anilines is 1. The Kier molecular flexibility index (Phi) is 4.17. The van der Waals surface area contributed by atoms with E-state index < -0.39 is 0 Å². The monoisotopic (exact) mass is 404 g/mol. The lowest BCUT2D eigenvalue weighted by Crippen LogP contribution is -2.14. The highest BCUT2D eigenvalue weighted by atomic mass is 16.1. The number of aromatic nitrogens is 1. The maximum absolute atomic E-state index is 12.9. The third-order valence-electron chi connectivity index (χ3n) is 6.79. The number of hydrogen-bond acceptors (Lipinski definition) is 3. The predicted octanol–water partition coefficient (Wildman–Crippen LogP) is 5.56. The Morgan fingerprint density at radius 3 is 2.84 bits per heavy atom. The number of pyridine rings is 1. The largest absolute Gasteiger partial charge is 0.383 e. The Bertz CT molecular complexity index is 1310. The molecule has 0 saturated carbocycles. The summed E-state index contributed by atoms with van der Waals surface area (Å²) in [4.78, 5) is 17.6. The van der Waals surface area contributed by atoms with Gasteiger partial charge in [0, 0.05) is 30.3 Å². The van der Waals surface area contributed by atoms with Gasteiger partial charge >= 0.3 is 0 Å². The number of rotatable bonds is 2. The number of allylic oxidation sites excluding steroid dienone is 3. The van der Waals surface area contributed by atoms with E-state index in [4.69, 9.17) is 4.98 Å². The molecule has 3 aliphatic rings. The number of benzene rings is 2. The highest BCUT2D eigenvalue weighted by Gasteiger charge is 2.26. The summed E-state index contributed by atoms with van der Waals surface area (Å²) in [5.41, 5.74) is 12.7. The zero-order valence-electron chi connectivity index (χ0n) is 17.7. The van der Waals surface area contributed by atoms with Crippen LogP contribution in [0.2, 0.25) is 0 Å². The number of ketones is 1. The number of fused-ring (bicyclic) bond motifs is 3. The van der Waals surface area contributed by atoms with Crippen molar-refractivity contribution in [3.63, 3.8) is 0 Å². The van der Waals surface area contributed by atoms with Crippen molar-refractivity contribution in [2.45, 2.75) is 32.6 Å². The van der Waals surface area contributed by atoms with Crippen LogP contribution in [0.5, 0.6) is 0 Å². The van der Waals surface area contributed by atoms with E-state index in [1.807, 2.05) is 6.20 Å². The number of nitrogens with one attached hydrogen (secondary N) is 1. The van der Waals surface area contributed by atoms with Gasteiger partial charge in [-0.15, -0.1) is 0 Å². The fraction of sp³-hybridized carbons (Fsp3) is 0.214. The molecule has 1 N–H and O–H groups in total. The Labute approximate surface area is 182 Å². The third-order valence-corrected chi connectivity index (χ3v) is 6.79. The molecule has 3 aromatic rings. The zero-order valence-corrected chi connectivity index (χ0v) is 17.7. The lowest BCUT2D eigenvalue weighted by atomic mass is 9.94. The summed E-state index contributed by atoms with van der Waals surface area (Å²) < 4.78 is 0. The first kappa shape index (κ1) is 18.3. The van der Waals surface area contributed by atoms with Crippen LogP contribution in [0.15, 0.2) is 60.3 Å². The van der Waals surface area contributed by atoms with Gasteiger partial charge in [-0.05, 0) is 77.3 Å². The molecule has 1 aromatic heterocycles. The number of aryl methyl sites for hydroxylation is 1. The first-order valence-electron chi connectivity index (χ1n) is 11.1. The van der Waals surface area contributed by atoms with E-state index in [-0.39, 0.29) is 5.78 Å². The molecule has 1 aliphatic heterocycles. The highest BCUT2D eigenvalue weighted by molar-refractivity contribution is 6.26. The molecule has 0 saturated heterocycles. The Hall–Kier alpha value is -3.46. The molecule has 2 aliphatic carbocycles. The molecular weight excluding hydrogens is 380 g/mol. The first-order chi connectivity index (χ1) is 15.2. The third kappa shape index (κ3) is 3.04. The van der Waals surface area contributed by atoms with Crippen molar-refractivity contribution in [3.8, 4) is 11.1 Å². The predicted molar refractivity (Wildman–Crippen MR) is 126 cm³/mol. The van der Waals surface area contributed by atoms with E-state index in [9.17, 15) is 4.79 Å². The molecule has 3 heteroatoms. The van der Waals surface area contributed by atoms with Gasteiger partial charge in [0.15, 0.2) is 5.78 Å². The van der Waals surface area contributed by atoms with Crippen molar-refractivity contribution in [1.29, 1.82) is 0 Å². The highest BCUT2D eigenvalue weighted by Crippen LogP contribution is 2.38. The number of nitrogens with zero attached hydrogens (tertiary/aromatic N) is 1. The van der Waals surface area contributed by atoms with E-state index in [0.717, 1.165) is 59.3 Å². The number of carbonyl (C=O) groups excluding carboxylic acids is 1. The fourth-order valence-electron chi connectivity index (χ4n) is 5.15. The van der Waals surface area contributed by atoms with Crippen molar-refractivity contribution in [3.05, 3.63) is 93.8 Å². The van der Waals surface area contributed by atoms with Crippen molar-refractivity contribution >= 4 is 23.1 Å². The summed E-state index contributed by atoms with van der Waals surface area (Å²) in [7, 11) is 0. The quantitative estimate of drug-likeness (QED) is 0.568. The van der Waals surface area contributed by atoms with Gasteiger partial charge in [-0.2, -0.15) is 0 Å².